The van der Waals surface area contributed by atoms with Crippen molar-refractivity contribution >= 4 is 31.7 Å². The van der Waals surface area contributed by atoms with Gasteiger partial charge in [0.2, 0.25) is 0 Å². The second kappa shape index (κ2) is 73.4. The summed E-state index contributed by atoms with van der Waals surface area (Å²) in [6, 6.07) is 0. The number of hydrogen-bond acceptors (Lipinski definition) is 24. The van der Waals surface area contributed by atoms with Gasteiger partial charge >= 0.3 is 31.7 Å². The predicted molar refractivity (Wildman–Crippen MR) is 467 cm³/mol. The first-order valence-electron chi connectivity index (χ1n) is 49.3. The SMILES string of the molecule is CCCCCCCCCCCCCCCCCCC(=O)OCC(COP(=O)(O)OC1C(OC2OC(CO)C(O)C(O)C2O)C(O)C(O)C(OC(=O)CCCCCCCCCCCCCCCCCC)C1OC1OC(COC(=O)CCCCCCCCCCCCCCCCCC)C(O)C(O)C1O)OC(=O)CCCCCCCCCCCCCCC. The monoisotopic (exact) mass is 1740 g/mol. The molecule has 120 heavy (non-hydrogen) atoms. The number of esters is 4. The summed E-state index contributed by atoms with van der Waals surface area (Å²) in [5.74, 6) is -2.93. The minimum Gasteiger partial charge on any atom is -0.463 e. The average Bonchev–Trinajstić information content (AvgIpc) is 0.754. The van der Waals surface area contributed by atoms with Gasteiger partial charge in [-0.3, -0.25) is 28.2 Å². The molecule has 26 heteroatoms. The van der Waals surface area contributed by atoms with E-state index in [0.717, 1.165) is 128 Å². The molecule has 2 aliphatic heterocycles. The highest BCUT2D eigenvalue weighted by Crippen LogP contribution is 2.49. The number of phosphoric acid groups is 1. The fourth-order valence-electron chi connectivity index (χ4n) is 16.6. The van der Waals surface area contributed by atoms with E-state index in [2.05, 4.69) is 27.7 Å². The zero-order valence-corrected chi connectivity index (χ0v) is 76.5. The van der Waals surface area contributed by atoms with Gasteiger partial charge in [-0.1, -0.05) is 394 Å². The second-order valence-corrected chi connectivity index (χ2v) is 36.7. The lowest BCUT2D eigenvalue weighted by Crippen LogP contribution is -2.70. The van der Waals surface area contributed by atoms with Crippen molar-refractivity contribution in [3.05, 3.63) is 0 Å². The Labute approximate surface area is 725 Å². The van der Waals surface area contributed by atoms with Crippen LogP contribution < -0.4 is 0 Å². The standard InChI is InChI=1S/C94H177O25P/c1-5-9-13-17-21-25-29-33-36-39-43-46-50-54-58-62-66-77(96)110-71-74(113-79(98)68-64-60-56-52-48-42-32-28-24-20-16-12-8-4)72-112-120(108,109)119-92-90(117-93-87(106)83(102)81(100)75(70-95)114-93)86(105)85(104)89(116-80(99)69-65-61-57-53-49-45-41-38-35-31-27-23-19-15-11-7-3)91(92)118-94-88(107)84(103)82(101)76(115-94)73-111-78(97)67-63-59-55-51-47-44-40-37-34-30-26-22-18-14-10-6-2/h74-76,81-95,100-107H,5-73H2,1-4H3,(H,108,109). The summed E-state index contributed by atoms with van der Waals surface area (Å²) in [6.45, 7) is 5.66. The fourth-order valence-corrected chi connectivity index (χ4v) is 17.5. The van der Waals surface area contributed by atoms with E-state index in [0.29, 0.717) is 32.1 Å². The molecule has 2 heterocycles. The molecule has 25 nitrogen and oxygen atoms in total. The van der Waals surface area contributed by atoms with Gasteiger partial charge in [0, 0.05) is 25.7 Å². The molecular formula is C94H177O25P. The number of aliphatic hydroxyl groups is 9. The number of unbranched alkanes of at least 4 members (excludes halogenated alkanes) is 57. The molecule has 1 aliphatic carbocycles. The Balaban J connectivity index is 1.89. The minimum atomic E-state index is -5.80. The molecule has 0 aromatic rings. The highest BCUT2D eigenvalue weighted by atomic mass is 31.2. The first kappa shape index (κ1) is 112. The van der Waals surface area contributed by atoms with E-state index < -0.39 is 162 Å². The summed E-state index contributed by atoms with van der Waals surface area (Å²) >= 11 is 0. The predicted octanol–water partition coefficient (Wildman–Crippen LogP) is 18.9. The Bertz CT molecular complexity index is 2490. The maximum absolute atomic E-state index is 14.9. The zero-order chi connectivity index (χ0) is 87.5. The molecule has 3 fully saturated rings. The van der Waals surface area contributed by atoms with Gasteiger partial charge in [-0.25, -0.2) is 4.57 Å². The lowest BCUT2D eigenvalue weighted by Gasteiger charge is -2.50. The van der Waals surface area contributed by atoms with Crippen molar-refractivity contribution in [3.63, 3.8) is 0 Å². The smallest absolute Gasteiger partial charge is 0.463 e. The third-order valence-electron chi connectivity index (χ3n) is 24.4. The number of ether oxygens (including phenoxy) is 8. The second-order valence-electron chi connectivity index (χ2n) is 35.3. The van der Waals surface area contributed by atoms with Crippen LogP contribution in [-0.4, -0.2) is 205 Å². The first-order valence-corrected chi connectivity index (χ1v) is 50.8. The molecule has 2 saturated heterocycles. The Kier molecular flexibility index (Phi) is 68.3. The van der Waals surface area contributed by atoms with Gasteiger partial charge in [-0.2, -0.15) is 0 Å². The number of phosphoric ester groups is 1. The summed E-state index contributed by atoms with van der Waals surface area (Å²) < 4.78 is 73.6. The average molecular weight is 1740 g/mol. The number of aliphatic hydroxyl groups excluding tert-OH is 9. The van der Waals surface area contributed by atoms with Crippen molar-refractivity contribution in [3.8, 4) is 0 Å². The quantitative estimate of drug-likeness (QED) is 0.0117. The fraction of sp³-hybridized carbons (Fsp3) is 0.957. The van der Waals surface area contributed by atoms with Crippen LogP contribution in [-0.2, 0) is 70.7 Å². The van der Waals surface area contributed by atoms with E-state index in [4.69, 9.17) is 46.9 Å². The number of hydrogen-bond donors (Lipinski definition) is 10. The van der Waals surface area contributed by atoms with Gasteiger partial charge in [0.1, 0.15) is 92.6 Å². The van der Waals surface area contributed by atoms with Crippen LogP contribution in [0.4, 0.5) is 0 Å². The minimum absolute atomic E-state index is 0.0206. The Morgan fingerprint density at radius 2 is 0.575 bits per heavy atom. The van der Waals surface area contributed by atoms with E-state index in [1.54, 1.807) is 0 Å². The van der Waals surface area contributed by atoms with E-state index in [1.807, 2.05) is 0 Å². The molecule has 708 valence electrons. The van der Waals surface area contributed by atoms with Crippen molar-refractivity contribution in [1.82, 2.24) is 0 Å². The van der Waals surface area contributed by atoms with Crippen LogP contribution in [0.2, 0.25) is 0 Å². The molecule has 10 N–H and O–H groups in total. The Hall–Kier alpha value is -2.53. The van der Waals surface area contributed by atoms with Gasteiger partial charge < -0.3 is 88.7 Å². The highest BCUT2D eigenvalue weighted by Gasteiger charge is 2.60. The van der Waals surface area contributed by atoms with Crippen LogP contribution >= 0.6 is 7.82 Å². The van der Waals surface area contributed by atoms with Gasteiger partial charge in [-0.15, -0.1) is 0 Å². The van der Waals surface area contributed by atoms with E-state index in [9.17, 15) is 74.6 Å². The van der Waals surface area contributed by atoms with Crippen LogP contribution in [0.15, 0.2) is 0 Å². The van der Waals surface area contributed by atoms with Gasteiger partial charge in [-0.05, 0) is 25.7 Å². The summed E-state index contributed by atoms with van der Waals surface area (Å²) in [5, 5.41) is 102. The molecule has 18 atom stereocenters. The molecule has 18 unspecified atom stereocenters. The maximum atomic E-state index is 14.9. The lowest BCUT2D eigenvalue weighted by molar-refractivity contribution is -0.360. The molecule has 0 aromatic carbocycles. The van der Waals surface area contributed by atoms with Crippen LogP contribution in [0, 0.1) is 0 Å². The van der Waals surface area contributed by atoms with Crippen LogP contribution in [0.5, 0.6) is 0 Å². The van der Waals surface area contributed by atoms with Gasteiger partial charge in [0.25, 0.3) is 0 Å². The van der Waals surface area contributed by atoms with Crippen molar-refractivity contribution in [1.29, 1.82) is 0 Å². The summed E-state index contributed by atoms with van der Waals surface area (Å²) in [6.07, 6.45) is 32.1. The first-order chi connectivity index (χ1) is 58.2. The summed E-state index contributed by atoms with van der Waals surface area (Å²) in [4.78, 5) is 66.6. The van der Waals surface area contributed by atoms with E-state index >= 15 is 0 Å². The van der Waals surface area contributed by atoms with E-state index in [-0.39, 0.29) is 25.7 Å². The molecule has 0 spiro atoms. The third-order valence-corrected chi connectivity index (χ3v) is 25.3. The molecule has 0 aromatic heterocycles. The largest absolute Gasteiger partial charge is 0.472 e. The maximum Gasteiger partial charge on any atom is 0.472 e. The number of rotatable bonds is 81. The molecule has 3 aliphatic rings. The molecule has 3 rings (SSSR count). The topological polar surface area (TPSA) is 380 Å². The normalized spacial score (nSPS) is 24.6. The molecule has 0 radical (unpaired) electrons. The van der Waals surface area contributed by atoms with Gasteiger partial charge in [0.15, 0.2) is 24.8 Å². The van der Waals surface area contributed by atoms with Crippen molar-refractivity contribution in [2.24, 2.45) is 0 Å². The van der Waals surface area contributed by atoms with Crippen molar-refractivity contribution < 1.29 is 122 Å². The van der Waals surface area contributed by atoms with E-state index in [1.165, 1.54) is 231 Å². The molecule has 1 saturated carbocycles. The van der Waals surface area contributed by atoms with Crippen molar-refractivity contribution in [2.75, 3.05) is 26.4 Å². The summed E-state index contributed by atoms with van der Waals surface area (Å²) in [5.41, 5.74) is 0. The van der Waals surface area contributed by atoms with Crippen LogP contribution in [0.25, 0.3) is 0 Å². The number of carbonyl (C=O) groups is 4. The van der Waals surface area contributed by atoms with Crippen molar-refractivity contribution in [2.45, 2.75) is 549 Å². The summed E-state index contributed by atoms with van der Waals surface area (Å²) in [7, 11) is -5.80. The molecular weight excluding hydrogens is 1560 g/mol. The van der Waals surface area contributed by atoms with Crippen LogP contribution in [0.3, 0.4) is 0 Å². The third kappa shape index (κ3) is 52.7. The molecule has 0 amide bonds. The van der Waals surface area contributed by atoms with Crippen LogP contribution in [0.1, 0.15) is 445 Å². The lowest BCUT2D eigenvalue weighted by atomic mass is 9.84. The molecule has 0 bridgehead atoms. The number of carbonyl (C=O) groups excluding carboxylic acids is 4. The Morgan fingerprint density at radius 1 is 0.300 bits per heavy atom. The Morgan fingerprint density at radius 3 is 0.908 bits per heavy atom. The highest BCUT2D eigenvalue weighted by molar-refractivity contribution is 7.47. The van der Waals surface area contributed by atoms with Gasteiger partial charge in [0.05, 0.1) is 13.2 Å². The zero-order valence-electron chi connectivity index (χ0n) is 75.6.